The topological polar surface area (TPSA) is 56.7 Å². The third-order valence-electron chi connectivity index (χ3n) is 3.44. The second kappa shape index (κ2) is 4.68. The van der Waals surface area contributed by atoms with E-state index < -0.39 is 0 Å². The maximum Gasteiger partial charge on any atom is 0.138 e. The maximum atomic E-state index is 5.67. The minimum absolute atomic E-state index is 0.366. The van der Waals surface area contributed by atoms with Crippen LogP contribution in [0.1, 0.15) is 16.7 Å². The summed E-state index contributed by atoms with van der Waals surface area (Å²) in [4.78, 5) is 9.17. The summed E-state index contributed by atoms with van der Waals surface area (Å²) in [5.41, 5.74) is 10.9. The number of pyridine rings is 1. The summed E-state index contributed by atoms with van der Waals surface area (Å²) in [6.45, 7) is 4.17. The largest absolute Gasteiger partial charge is 0.389 e. The van der Waals surface area contributed by atoms with Crippen molar-refractivity contribution in [2.24, 2.45) is 5.73 Å². The molecule has 2 N–H and O–H groups in total. The van der Waals surface area contributed by atoms with Crippen molar-refractivity contribution in [3.63, 3.8) is 0 Å². The number of aromatic nitrogens is 3. The van der Waals surface area contributed by atoms with Crippen LogP contribution in [-0.4, -0.2) is 19.5 Å². The lowest BCUT2D eigenvalue weighted by atomic mass is 10.1. The van der Waals surface area contributed by atoms with Gasteiger partial charge in [0.25, 0.3) is 0 Å². The quantitative estimate of drug-likeness (QED) is 0.734. The summed E-state index contributed by atoms with van der Waals surface area (Å²) in [5, 5.41) is 0. The van der Waals surface area contributed by atoms with E-state index in [0.717, 1.165) is 22.4 Å². The van der Waals surface area contributed by atoms with Crippen molar-refractivity contribution in [2.75, 3.05) is 0 Å². The fourth-order valence-electron chi connectivity index (χ4n) is 2.15. The van der Waals surface area contributed by atoms with Gasteiger partial charge in [0.1, 0.15) is 17.1 Å². The summed E-state index contributed by atoms with van der Waals surface area (Å²) >= 11 is 5.01. The van der Waals surface area contributed by atoms with Crippen LogP contribution in [0.5, 0.6) is 0 Å². The van der Waals surface area contributed by atoms with Gasteiger partial charge in [-0.1, -0.05) is 12.2 Å². The molecule has 0 saturated carbocycles. The number of fused-ring (bicyclic) bond motifs is 1. The fourth-order valence-corrected chi connectivity index (χ4v) is 2.28. The monoisotopic (exact) mass is 282 g/mol. The Bertz CT molecular complexity index is 820. The number of benzene rings is 1. The van der Waals surface area contributed by atoms with E-state index in [9.17, 15) is 0 Å². The van der Waals surface area contributed by atoms with Crippen molar-refractivity contribution in [1.82, 2.24) is 14.5 Å². The molecule has 1 aromatic carbocycles. The zero-order valence-electron chi connectivity index (χ0n) is 11.3. The molecule has 3 rings (SSSR count). The minimum atomic E-state index is 0.366. The van der Waals surface area contributed by atoms with E-state index in [1.165, 1.54) is 11.1 Å². The van der Waals surface area contributed by atoms with E-state index in [1.807, 2.05) is 10.6 Å². The molecule has 0 atom stereocenters. The Labute approximate surface area is 122 Å². The van der Waals surface area contributed by atoms with Crippen molar-refractivity contribution in [2.45, 2.75) is 13.8 Å². The molecule has 20 heavy (non-hydrogen) atoms. The Morgan fingerprint density at radius 1 is 1.15 bits per heavy atom. The molecule has 4 nitrogen and oxygen atoms in total. The molecule has 0 aliphatic carbocycles. The Morgan fingerprint density at radius 2 is 1.90 bits per heavy atom. The van der Waals surface area contributed by atoms with Crippen LogP contribution >= 0.6 is 12.2 Å². The summed E-state index contributed by atoms with van der Waals surface area (Å²) in [5.74, 6) is 0.765. The summed E-state index contributed by atoms with van der Waals surface area (Å²) in [6.07, 6.45) is 3.48. The Kier molecular flexibility index (Phi) is 2.99. The van der Waals surface area contributed by atoms with E-state index >= 15 is 0 Å². The lowest BCUT2D eigenvalue weighted by molar-refractivity contribution is 1.02. The number of imidazole rings is 1. The van der Waals surface area contributed by atoms with Crippen LogP contribution in [-0.2, 0) is 0 Å². The molecule has 2 heterocycles. The Balaban J connectivity index is 2.22. The van der Waals surface area contributed by atoms with E-state index in [2.05, 4.69) is 35.9 Å². The molecule has 0 aliphatic heterocycles. The number of nitrogens with two attached hydrogens (primary N) is 1. The highest BCUT2D eigenvalue weighted by molar-refractivity contribution is 7.80. The van der Waals surface area contributed by atoms with Crippen molar-refractivity contribution in [3.8, 4) is 5.82 Å². The van der Waals surface area contributed by atoms with Crippen LogP contribution in [0.3, 0.4) is 0 Å². The molecule has 100 valence electrons. The van der Waals surface area contributed by atoms with E-state index in [1.54, 1.807) is 18.6 Å². The highest BCUT2D eigenvalue weighted by Gasteiger charge is 2.08. The molecule has 3 aromatic rings. The lowest BCUT2D eigenvalue weighted by Gasteiger charge is -2.06. The number of hydrogen-bond donors (Lipinski definition) is 1. The number of nitrogens with zero attached hydrogens (tertiary/aromatic N) is 3. The van der Waals surface area contributed by atoms with Gasteiger partial charge in [0.05, 0.1) is 11.0 Å². The lowest BCUT2D eigenvalue weighted by Crippen LogP contribution is -2.10. The summed E-state index contributed by atoms with van der Waals surface area (Å²) in [7, 11) is 0. The average Bonchev–Trinajstić information content (AvgIpc) is 2.82. The number of thiocarbonyl (C=S) groups is 1. The van der Waals surface area contributed by atoms with E-state index in [4.69, 9.17) is 18.0 Å². The molecular formula is C15H14N4S. The molecule has 0 amide bonds. The van der Waals surface area contributed by atoms with Gasteiger partial charge in [0.15, 0.2) is 0 Å². The molecular weight excluding hydrogens is 268 g/mol. The number of aryl methyl sites for hydroxylation is 2. The van der Waals surface area contributed by atoms with Gasteiger partial charge in [-0.3, -0.25) is 4.57 Å². The normalized spacial score (nSPS) is 10.9. The van der Waals surface area contributed by atoms with Gasteiger partial charge in [-0.15, -0.1) is 0 Å². The Hall–Kier alpha value is -2.27. The smallest absolute Gasteiger partial charge is 0.138 e. The van der Waals surface area contributed by atoms with Crippen LogP contribution in [0.4, 0.5) is 0 Å². The minimum Gasteiger partial charge on any atom is -0.389 e. The predicted molar refractivity (Wildman–Crippen MR) is 84.2 cm³/mol. The molecule has 5 heteroatoms. The molecule has 2 aromatic heterocycles. The van der Waals surface area contributed by atoms with Crippen LogP contribution < -0.4 is 5.73 Å². The molecule has 0 fully saturated rings. The first-order valence-corrected chi connectivity index (χ1v) is 6.67. The predicted octanol–water partition coefficient (Wildman–Crippen LogP) is 2.67. The third kappa shape index (κ3) is 2.06. The SMILES string of the molecule is Cc1cc2ncn(-c3cc(C(N)=S)ccn3)c2cc1C. The zero-order chi connectivity index (χ0) is 14.3. The van der Waals surface area contributed by atoms with Crippen molar-refractivity contribution >= 4 is 28.2 Å². The maximum absolute atomic E-state index is 5.67. The molecule has 0 radical (unpaired) electrons. The van der Waals surface area contributed by atoms with Gasteiger partial charge in [-0.25, -0.2) is 9.97 Å². The van der Waals surface area contributed by atoms with Crippen LogP contribution in [0.2, 0.25) is 0 Å². The average molecular weight is 282 g/mol. The van der Waals surface area contributed by atoms with Gasteiger partial charge < -0.3 is 5.73 Å². The van der Waals surface area contributed by atoms with Crippen molar-refractivity contribution in [1.29, 1.82) is 0 Å². The van der Waals surface area contributed by atoms with E-state index in [-0.39, 0.29) is 0 Å². The summed E-state index contributed by atoms with van der Waals surface area (Å²) < 4.78 is 1.95. The molecule has 0 saturated heterocycles. The van der Waals surface area contributed by atoms with Crippen LogP contribution in [0.15, 0.2) is 36.8 Å². The second-order valence-electron chi connectivity index (χ2n) is 4.81. The molecule has 0 spiro atoms. The van der Waals surface area contributed by atoms with Crippen LogP contribution in [0, 0.1) is 13.8 Å². The van der Waals surface area contributed by atoms with Crippen molar-refractivity contribution < 1.29 is 0 Å². The first-order chi connectivity index (χ1) is 9.56. The third-order valence-corrected chi connectivity index (χ3v) is 3.68. The second-order valence-corrected chi connectivity index (χ2v) is 5.25. The molecule has 0 bridgehead atoms. The highest BCUT2D eigenvalue weighted by atomic mass is 32.1. The fraction of sp³-hybridized carbons (Fsp3) is 0.133. The van der Waals surface area contributed by atoms with E-state index in [0.29, 0.717) is 4.99 Å². The molecule has 0 aliphatic rings. The van der Waals surface area contributed by atoms with Crippen LogP contribution in [0.25, 0.3) is 16.9 Å². The first-order valence-electron chi connectivity index (χ1n) is 6.27. The first kappa shape index (κ1) is 12.7. The zero-order valence-corrected chi connectivity index (χ0v) is 12.1. The highest BCUT2D eigenvalue weighted by Crippen LogP contribution is 2.21. The number of rotatable bonds is 2. The van der Waals surface area contributed by atoms with Gasteiger partial charge >= 0.3 is 0 Å². The van der Waals surface area contributed by atoms with Gasteiger partial charge in [-0.05, 0) is 49.2 Å². The van der Waals surface area contributed by atoms with Gasteiger partial charge in [-0.2, -0.15) is 0 Å². The van der Waals surface area contributed by atoms with Gasteiger partial charge in [0, 0.05) is 11.8 Å². The standard InChI is InChI=1S/C15H14N4S/c1-9-5-12-13(6-10(9)2)19(8-18-12)14-7-11(15(16)20)3-4-17-14/h3-8H,1-2H3,(H2,16,20). The van der Waals surface area contributed by atoms with Gasteiger partial charge in [0.2, 0.25) is 0 Å². The number of hydrogen-bond acceptors (Lipinski definition) is 3. The summed E-state index contributed by atoms with van der Waals surface area (Å²) in [6, 6.07) is 7.88. The van der Waals surface area contributed by atoms with Crippen molar-refractivity contribution in [3.05, 3.63) is 53.5 Å². The molecule has 0 unspecified atom stereocenters. The Morgan fingerprint density at radius 3 is 2.65 bits per heavy atom.